The number of hydrogen-bond donors (Lipinski definition) is 2. The van der Waals surface area contributed by atoms with E-state index >= 15 is 0 Å². The molecule has 4 nitrogen and oxygen atoms in total. The van der Waals surface area contributed by atoms with Crippen LogP contribution in [0.15, 0.2) is 24.3 Å². The van der Waals surface area contributed by atoms with Crippen LogP contribution in [0.25, 0.3) is 0 Å². The average molecular weight is 262 g/mol. The molecule has 2 rings (SSSR count). The maximum atomic E-state index is 12.2. The van der Waals surface area contributed by atoms with Crippen LogP contribution < -0.4 is 11.1 Å². The Kier molecular flexibility index (Phi) is 3.80. The number of carbonyl (C=O) groups excluding carboxylic acids is 1. The number of anilines is 1. The molecule has 0 saturated carbocycles. The molecule has 104 valence electrons. The van der Waals surface area contributed by atoms with Crippen molar-refractivity contribution >= 4 is 11.7 Å². The largest absolute Gasteiger partial charge is 0.460 e. The Bertz CT molecular complexity index is 448. The Labute approximate surface area is 114 Å². The van der Waals surface area contributed by atoms with Crippen LogP contribution in [-0.2, 0) is 9.53 Å². The first-order valence-corrected chi connectivity index (χ1v) is 6.66. The van der Waals surface area contributed by atoms with Gasteiger partial charge in [-0.15, -0.1) is 0 Å². The van der Waals surface area contributed by atoms with Crippen molar-refractivity contribution in [2.24, 2.45) is 5.92 Å². The lowest BCUT2D eigenvalue weighted by molar-refractivity contribution is -0.159. The predicted molar refractivity (Wildman–Crippen MR) is 75.8 cm³/mol. The number of nitrogens with two attached hydrogens (primary N) is 1. The molecule has 1 fully saturated rings. The Morgan fingerprint density at radius 3 is 2.47 bits per heavy atom. The SMILES string of the molecule is CC(C)(C)OC(=O)[C@@H]1CNC[C@H]1c1ccc(N)cc1. The summed E-state index contributed by atoms with van der Waals surface area (Å²) in [5.41, 5.74) is 7.13. The predicted octanol–water partition coefficient (Wildman–Crippen LogP) is 1.91. The first-order valence-electron chi connectivity index (χ1n) is 6.66. The van der Waals surface area contributed by atoms with E-state index in [4.69, 9.17) is 10.5 Å². The fourth-order valence-electron chi connectivity index (χ4n) is 2.40. The lowest BCUT2D eigenvalue weighted by Gasteiger charge is -2.24. The molecule has 1 saturated heterocycles. The van der Waals surface area contributed by atoms with E-state index in [-0.39, 0.29) is 17.8 Å². The van der Waals surface area contributed by atoms with E-state index in [1.165, 1.54) is 0 Å². The lowest BCUT2D eigenvalue weighted by Crippen LogP contribution is -2.31. The summed E-state index contributed by atoms with van der Waals surface area (Å²) in [6.07, 6.45) is 0. The van der Waals surface area contributed by atoms with Gasteiger partial charge in [-0.3, -0.25) is 4.79 Å². The van der Waals surface area contributed by atoms with Crippen molar-refractivity contribution in [3.05, 3.63) is 29.8 Å². The Morgan fingerprint density at radius 2 is 1.89 bits per heavy atom. The summed E-state index contributed by atoms with van der Waals surface area (Å²) in [6, 6.07) is 7.73. The van der Waals surface area contributed by atoms with Crippen molar-refractivity contribution < 1.29 is 9.53 Å². The standard InChI is InChI=1S/C15H22N2O2/c1-15(2,3)19-14(18)13-9-17-8-12(13)10-4-6-11(16)7-5-10/h4-7,12-13,17H,8-9,16H2,1-3H3/t12-,13+/m0/s1. The molecule has 4 heteroatoms. The Balaban J connectivity index is 2.12. The number of hydrogen-bond acceptors (Lipinski definition) is 4. The second-order valence-corrected chi connectivity index (χ2v) is 6.07. The molecule has 3 N–H and O–H groups in total. The molecule has 0 radical (unpaired) electrons. The van der Waals surface area contributed by atoms with Crippen molar-refractivity contribution in [3.8, 4) is 0 Å². The van der Waals surface area contributed by atoms with E-state index in [0.717, 1.165) is 17.8 Å². The fraction of sp³-hybridized carbons (Fsp3) is 0.533. The van der Waals surface area contributed by atoms with Crippen LogP contribution in [0.4, 0.5) is 5.69 Å². The van der Waals surface area contributed by atoms with Gasteiger partial charge < -0.3 is 15.8 Å². The van der Waals surface area contributed by atoms with Crippen molar-refractivity contribution in [2.45, 2.75) is 32.3 Å². The highest BCUT2D eigenvalue weighted by Crippen LogP contribution is 2.30. The summed E-state index contributed by atoms with van der Waals surface area (Å²) in [6.45, 7) is 7.15. The topological polar surface area (TPSA) is 64.3 Å². The zero-order valence-electron chi connectivity index (χ0n) is 11.8. The van der Waals surface area contributed by atoms with Gasteiger partial charge >= 0.3 is 5.97 Å². The summed E-state index contributed by atoms with van der Waals surface area (Å²) in [4.78, 5) is 12.2. The first kappa shape index (κ1) is 13.9. The monoisotopic (exact) mass is 262 g/mol. The lowest BCUT2D eigenvalue weighted by atomic mass is 9.89. The second kappa shape index (κ2) is 5.21. The quantitative estimate of drug-likeness (QED) is 0.631. The number of ether oxygens (including phenoxy) is 1. The zero-order valence-corrected chi connectivity index (χ0v) is 11.8. The van der Waals surface area contributed by atoms with Crippen LogP contribution in [0.1, 0.15) is 32.3 Å². The van der Waals surface area contributed by atoms with Crippen LogP contribution in [0.2, 0.25) is 0 Å². The van der Waals surface area contributed by atoms with Gasteiger partial charge in [0.05, 0.1) is 5.92 Å². The molecule has 0 amide bonds. The summed E-state index contributed by atoms with van der Waals surface area (Å²) in [5.74, 6) is -0.0855. The number of nitrogen functional groups attached to an aromatic ring is 1. The van der Waals surface area contributed by atoms with Crippen molar-refractivity contribution in [2.75, 3.05) is 18.8 Å². The number of benzene rings is 1. The molecule has 1 aliphatic rings. The Morgan fingerprint density at radius 1 is 1.26 bits per heavy atom. The molecule has 0 spiro atoms. The van der Waals surface area contributed by atoms with Crippen LogP contribution >= 0.6 is 0 Å². The van der Waals surface area contributed by atoms with Crippen molar-refractivity contribution in [1.29, 1.82) is 0 Å². The van der Waals surface area contributed by atoms with E-state index in [0.29, 0.717) is 6.54 Å². The molecule has 0 unspecified atom stereocenters. The molecular weight excluding hydrogens is 240 g/mol. The van der Waals surface area contributed by atoms with Gasteiger partial charge in [-0.25, -0.2) is 0 Å². The van der Waals surface area contributed by atoms with Gasteiger partial charge in [0.25, 0.3) is 0 Å². The molecular formula is C15H22N2O2. The van der Waals surface area contributed by atoms with Gasteiger partial charge in [-0.05, 0) is 38.5 Å². The van der Waals surface area contributed by atoms with E-state index in [9.17, 15) is 4.79 Å². The fourth-order valence-corrected chi connectivity index (χ4v) is 2.40. The van der Waals surface area contributed by atoms with Gasteiger partial charge in [-0.2, -0.15) is 0 Å². The maximum Gasteiger partial charge on any atom is 0.311 e. The minimum Gasteiger partial charge on any atom is -0.460 e. The van der Waals surface area contributed by atoms with E-state index in [1.807, 2.05) is 45.0 Å². The van der Waals surface area contributed by atoms with Gasteiger partial charge in [0.15, 0.2) is 0 Å². The third-order valence-electron chi connectivity index (χ3n) is 3.29. The minimum absolute atomic E-state index is 0.122. The molecule has 1 aliphatic heterocycles. The van der Waals surface area contributed by atoms with E-state index in [1.54, 1.807) is 0 Å². The molecule has 0 bridgehead atoms. The summed E-state index contributed by atoms with van der Waals surface area (Å²) in [5, 5.41) is 3.27. The second-order valence-electron chi connectivity index (χ2n) is 6.07. The Hall–Kier alpha value is -1.55. The van der Waals surface area contributed by atoms with Gasteiger partial charge in [0.1, 0.15) is 5.60 Å². The average Bonchev–Trinajstić information content (AvgIpc) is 2.76. The maximum absolute atomic E-state index is 12.2. The summed E-state index contributed by atoms with van der Waals surface area (Å²) in [7, 11) is 0. The number of nitrogens with one attached hydrogen (secondary N) is 1. The highest BCUT2D eigenvalue weighted by atomic mass is 16.6. The van der Waals surface area contributed by atoms with E-state index < -0.39 is 5.60 Å². The van der Waals surface area contributed by atoms with Gasteiger partial charge in [0, 0.05) is 24.7 Å². The molecule has 1 heterocycles. The molecule has 1 aromatic rings. The zero-order chi connectivity index (χ0) is 14.0. The highest BCUT2D eigenvalue weighted by Gasteiger charge is 2.36. The molecule has 19 heavy (non-hydrogen) atoms. The molecule has 1 aromatic carbocycles. The first-order chi connectivity index (χ1) is 8.87. The smallest absolute Gasteiger partial charge is 0.311 e. The van der Waals surface area contributed by atoms with Crippen LogP contribution in [0, 0.1) is 5.92 Å². The molecule has 2 atom stereocenters. The van der Waals surface area contributed by atoms with Crippen LogP contribution in [0.3, 0.4) is 0 Å². The van der Waals surface area contributed by atoms with Gasteiger partial charge in [-0.1, -0.05) is 12.1 Å². The molecule has 0 aliphatic carbocycles. The van der Waals surface area contributed by atoms with E-state index in [2.05, 4.69) is 5.32 Å². The third-order valence-corrected chi connectivity index (χ3v) is 3.29. The van der Waals surface area contributed by atoms with Crippen molar-refractivity contribution in [1.82, 2.24) is 5.32 Å². The number of carbonyl (C=O) groups is 1. The van der Waals surface area contributed by atoms with Crippen LogP contribution in [-0.4, -0.2) is 24.7 Å². The molecule has 0 aromatic heterocycles. The summed E-state index contributed by atoms with van der Waals surface area (Å²) >= 11 is 0. The number of esters is 1. The highest BCUT2D eigenvalue weighted by molar-refractivity contribution is 5.75. The normalized spacial score (nSPS) is 23.3. The van der Waals surface area contributed by atoms with Gasteiger partial charge in [0.2, 0.25) is 0 Å². The minimum atomic E-state index is -0.439. The van der Waals surface area contributed by atoms with Crippen LogP contribution in [0.5, 0.6) is 0 Å². The number of rotatable bonds is 2. The van der Waals surface area contributed by atoms with Crippen molar-refractivity contribution in [3.63, 3.8) is 0 Å². The third kappa shape index (κ3) is 3.47. The summed E-state index contributed by atoms with van der Waals surface area (Å²) < 4.78 is 5.49.